The lowest BCUT2D eigenvalue weighted by molar-refractivity contribution is -0.105. The van der Waals surface area contributed by atoms with Crippen molar-refractivity contribution >= 4 is 6.29 Å². The number of aliphatic hydroxyl groups is 1. The summed E-state index contributed by atoms with van der Waals surface area (Å²) < 4.78 is 0. The molecule has 17 heavy (non-hydrogen) atoms. The van der Waals surface area contributed by atoms with Gasteiger partial charge < -0.3 is 5.11 Å². The Morgan fingerprint density at radius 1 is 1.47 bits per heavy atom. The molecule has 1 N–H and O–H groups in total. The van der Waals surface area contributed by atoms with E-state index in [9.17, 15) is 9.90 Å². The number of allylic oxidation sites excluding steroid dienone is 2. The van der Waals surface area contributed by atoms with E-state index in [2.05, 4.69) is 26.8 Å². The highest BCUT2D eigenvalue weighted by molar-refractivity contribution is 5.73. The molecule has 2 aliphatic rings. The summed E-state index contributed by atoms with van der Waals surface area (Å²) in [5, 5.41) is 10.4. The molecule has 2 heteroatoms. The molecule has 2 nitrogen and oxygen atoms in total. The quantitative estimate of drug-likeness (QED) is 0.748. The third-order valence-electron chi connectivity index (χ3n) is 5.11. The minimum atomic E-state index is -0.259. The van der Waals surface area contributed by atoms with Gasteiger partial charge in [0.05, 0.1) is 6.10 Å². The predicted molar refractivity (Wildman–Crippen MR) is 68.5 cm³/mol. The molecule has 0 aromatic rings. The minimum Gasteiger partial charge on any atom is -0.393 e. The lowest BCUT2D eigenvalue weighted by atomic mass is 9.71. The Morgan fingerprint density at radius 3 is 2.76 bits per heavy atom. The van der Waals surface area contributed by atoms with Crippen LogP contribution in [0.5, 0.6) is 0 Å². The fourth-order valence-corrected chi connectivity index (χ4v) is 3.81. The maximum absolute atomic E-state index is 11.0. The van der Waals surface area contributed by atoms with Gasteiger partial charge in [-0.05, 0) is 49.0 Å². The summed E-state index contributed by atoms with van der Waals surface area (Å²) in [4.78, 5) is 11.0. The summed E-state index contributed by atoms with van der Waals surface area (Å²) in [5.41, 5.74) is 0.880. The van der Waals surface area contributed by atoms with Gasteiger partial charge in [-0.15, -0.1) is 0 Å². The van der Waals surface area contributed by atoms with Crippen molar-refractivity contribution in [1.29, 1.82) is 0 Å². The molecule has 1 fully saturated rings. The van der Waals surface area contributed by atoms with E-state index in [1.54, 1.807) is 0 Å². The van der Waals surface area contributed by atoms with Crippen molar-refractivity contribution in [2.45, 2.75) is 52.6 Å². The van der Waals surface area contributed by atoms with Crippen LogP contribution in [0, 0.1) is 23.2 Å². The van der Waals surface area contributed by atoms with Gasteiger partial charge in [-0.1, -0.05) is 26.8 Å². The molecule has 0 aromatic carbocycles. The van der Waals surface area contributed by atoms with Gasteiger partial charge in [-0.2, -0.15) is 0 Å². The SMILES string of the molecule is CC(C)[C@@H]1CC[C@]2(C)[C@@H](O)CCC(C=O)=C[C@@H]12. The van der Waals surface area contributed by atoms with Crippen molar-refractivity contribution in [3.8, 4) is 0 Å². The normalized spacial score (nSPS) is 41.9. The van der Waals surface area contributed by atoms with Gasteiger partial charge in [0.1, 0.15) is 6.29 Å². The predicted octanol–water partition coefficient (Wildman–Crippen LogP) is 2.95. The number of aliphatic hydroxyl groups excluding tert-OH is 1. The van der Waals surface area contributed by atoms with Crippen LogP contribution < -0.4 is 0 Å². The number of fused-ring (bicyclic) bond motifs is 1. The molecular weight excluding hydrogens is 212 g/mol. The van der Waals surface area contributed by atoms with Crippen LogP contribution in [0.1, 0.15) is 46.5 Å². The van der Waals surface area contributed by atoms with Gasteiger partial charge >= 0.3 is 0 Å². The number of carbonyl (C=O) groups excluding carboxylic acids is 1. The van der Waals surface area contributed by atoms with Crippen LogP contribution in [0.4, 0.5) is 0 Å². The monoisotopic (exact) mass is 236 g/mol. The fraction of sp³-hybridized carbons (Fsp3) is 0.800. The molecule has 1 saturated carbocycles. The topological polar surface area (TPSA) is 37.3 Å². The molecule has 4 atom stereocenters. The minimum absolute atomic E-state index is 0.0142. The molecule has 0 aromatic heterocycles. The smallest absolute Gasteiger partial charge is 0.145 e. The summed E-state index contributed by atoms with van der Waals surface area (Å²) >= 11 is 0. The van der Waals surface area contributed by atoms with Crippen LogP contribution in [0.3, 0.4) is 0 Å². The molecule has 0 saturated heterocycles. The first kappa shape index (κ1) is 12.8. The zero-order valence-corrected chi connectivity index (χ0v) is 11.1. The van der Waals surface area contributed by atoms with Crippen molar-refractivity contribution in [2.24, 2.45) is 23.2 Å². The molecule has 96 valence electrons. The van der Waals surface area contributed by atoms with E-state index >= 15 is 0 Å². The maximum Gasteiger partial charge on any atom is 0.145 e. The summed E-state index contributed by atoms with van der Waals surface area (Å²) in [6.07, 6.45) is 6.63. The Kier molecular flexibility index (Phi) is 3.44. The largest absolute Gasteiger partial charge is 0.393 e. The summed E-state index contributed by atoms with van der Waals surface area (Å²) in [6, 6.07) is 0. The van der Waals surface area contributed by atoms with Crippen molar-refractivity contribution < 1.29 is 9.90 Å². The van der Waals surface area contributed by atoms with Gasteiger partial charge in [-0.3, -0.25) is 4.79 Å². The second-order valence-electron chi connectivity index (χ2n) is 6.39. The molecule has 0 bridgehead atoms. The first-order valence-corrected chi connectivity index (χ1v) is 6.83. The molecule has 0 radical (unpaired) electrons. The fourth-order valence-electron chi connectivity index (χ4n) is 3.81. The number of hydrogen-bond donors (Lipinski definition) is 1. The Morgan fingerprint density at radius 2 is 2.18 bits per heavy atom. The molecule has 2 rings (SSSR count). The van der Waals surface area contributed by atoms with Gasteiger partial charge in [0, 0.05) is 5.41 Å². The van der Waals surface area contributed by atoms with Gasteiger partial charge in [0.25, 0.3) is 0 Å². The van der Waals surface area contributed by atoms with Crippen LogP contribution in [0.15, 0.2) is 11.6 Å². The molecule has 0 spiro atoms. The molecule has 0 heterocycles. The first-order valence-electron chi connectivity index (χ1n) is 6.83. The maximum atomic E-state index is 11.0. The Hall–Kier alpha value is -0.630. The average molecular weight is 236 g/mol. The van der Waals surface area contributed by atoms with E-state index in [0.29, 0.717) is 17.8 Å². The second-order valence-corrected chi connectivity index (χ2v) is 6.39. The third-order valence-corrected chi connectivity index (χ3v) is 5.11. The molecule has 0 unspecified atom stereocenters. The van der Waals surface area contributed by atoms with Crippen molar-refractivity contribution in [3.63, 3.8) is 0 Å². The van der Waals surface area contributed by atoms with Crippen LogP contribution in [-0.2, 0) is 4.79 Å². The highest BCUT2D eigenvalue weighted by Crippen LogP contribution is 2.54. The van der Waals surface area contributed by atoms with Crippen LogP contribution >= 0.6 is 0 Å². The summed E-state index contributed by atoms with van der Waals surface area (Å²) in [5.74, 6) is 1.61. The Bertz CT molecular complexity index is 332. The summed E-state index contributed by atoms with van der Waals surface area (Å²) in [7, 11) is 0. The molecule has 2 aliphatic carbocycles. The van der Waals surface area contributed by atoms with Crippen LogP contribution in [0.2, 0.25) is 0 Å². The van der Waals surface area contributed by atoms with E-state index < -0.39 is 0 Å². The van der Waals surface area contributed by atoms with E-state index in [1.165, 1.54) is 6.42 Å². The molecule has 0 amide bonds. The standard InChI is InChI=1S/C15H24O2/c1-10(2)12-6-7-15(3)13(12)8-11(9-16)4-5-14(15)17/h8-10,12-14,17H,4-7H2,1-3H3/t12-,13-,14-,15-/m0/s1. The van der Waals surface area contributed by atoms with Crippen LogP contribution in [-0.4, -0.2) is 17.5 Å². The van der Waals surface area contributed by atoms with E-state index in [-0.39, 0.29) is 11.5 Å². The van der Waals surface area contributed by atoms with Crippen LogP contribution in [0.25, 0.3) is 0 Å². The van der Waals surface area contributed by atoms with Crippen molar-refractivity contribution in [2.75, 3.05) is 0 Å². The molecule has 0 aliphatic heterocycles. The average Bonchev–Trinajstić information content (AvgIpc) is 2.57. The lowest BCUT2D eigenvalue weighted by Crippen LogP contribution is -2.36. The lowest BCUT2D eigenvalue weighted by Gasteiger charge is -2.36. The zero-order chi connectivity index (χ0) is 12.6. The number of hydrogen-bond acceptors (Lipinski definition) is 2. The van der Waals surface area contributed by atoms with Gasteiger partial charge in [0.15, 0.2) is 0 Å². The highest BCUT2D eigenvalue weighted by atomic mass is 16.3. The van der Waals surface area contributed by atoms with Gasteiger partial charge in [-0.25, -0.2) is 0 Å². The van der Waals surface area contributed by atoms with E-state index in [4.69, 9.17) is 0 Å². The first-order chi connectivity index (χ1) is 7.99. The number of carbonyl (C=O) groups is 1. The number of rotatable bonds is 2. The van der Waals surface area contributed by atoms with Crippen molar-refractivity contribution in [3.05, 3.63) is 11.6 Å². The third kappa shape index (κ3) is 2.08. The summed E-state index contributed by atoms with van der Waals surface area (Å²) in [6.45, 7) is 6.71. The Balaban J connectivity index is 2.36. The highest BCUT2D eigenvalue weighted by Gasteiger charge is 2.49. The Labute approximate surface area is 104 Å². The molecular formula is C15H24O2. The second kappa shape index (κ2) is 4.56. The zero-order valence-electron chi connectivity index (χ0n) is 11.1. The van der Waals surface area contributed by atoms with E-state index in [0.717, 1.165) is 31.1 Å². The van der Waals surface area contributed by atoms with E-state index in [1.807, 2.05) is 0 Å². The van der Waals surface area contributed by atoms with Crippen molar-refractivity contribution in [1.82, 2.24) is 0 Å². The van der Waals surface area contributed by atoms with Gasteiger partial charge in [0.2, 0.25) is 0 Å². The number of aldehydes is 1.